The molecule has 0 spiro atoms. The lowest BCUT2D eigenvalue weighted by Gasteiger charge is -2.17. The average Bonchev–Trinajstić information content (AvgIpc) is 2.30. The van der Waals surface area contributed by atoms with Crippen molar-refractivity contribution in [2.75, 3.05) is 17.7 Å². The molecule has 0 bridgehead atoms. The van der Waals surface area contributed by atoms with Crippen molar-refractivity contribution in [1.29, 1.82) is 0 Å². The van der Waals surface area contributed by atoms with Gasteiger partial charge in [0.1, 0.15) is 0 Å². The van der Waals surface area contributed by atoms with E-state index in [4.69, 9.17) is 0 Å². The van der Waals surface area contributed by atoms with Crippen molar-refractivity contribution < 1.29 is 0 Å². The van der Waals surface area contributed by atoms with Gasteiger partial charge in [0.25, 0.3) is 0 Å². The summed E-state index contributed by atoms with van der Waals surface area (Å²) in [4.78, 5) is 4.41. The topological polar surface area (TPSA) is 36.4 Å². The first kappa shape index (κ1) is 11.3. The normalized spacial score (nSPS) is 15.5. The van der Waals surface area contributed by atoms with Crippen LogP contribution in [0.15, 0.2) is 23.2 Å². The summed E-state index contributed by atoms with van der Waals surface area (Å²) >= 11 is 1.77. The van der Waals surface area contributed by atoms with E-state index in [0.29, 0.717) is 0 Å². The van der Waals surface area contributed by atoms with Crippen molar-refractivity contribution in [1.82, 2.24) is 5.43 Å². The van der Waals surface area contributed by atoms with Gasteiger partial charge in [-0.05, 0) is 31.4 Å². The molecule has 3 nitrogen and oxygen atoms in total. The van der Waals surface area contributed by atoms with Gasteiger partial charge in [-0.2, -0.15) is 0 Å². The summed E-state index contributed by atoms with van der Waals surface area (Å²) in [5, 5.41) is 0.994. The molecule has 2 rings (SSSR count). The van der Waals surface area contributed by atoms with Gasteiger partial charge in [0.2, 0.25) is 0 Å². The Balaban J connectivity index is 2.01. The van der Waals surface area contributed by atoms with Crippen molar-refractivity contribution in [3.63, 3.8) is 0 Å². The Bertz CT molecular complexity index is 381. The van der Waals surface area contributed by atoms with Crippen LogP contribution in [-0.4, -0.2) is 17.5 Å². The molecule has 0 unspecified atom stereocenters. The van der Waals surface area contributed by atoms with Crippen molar-refractivity contribution in [2.24, 2.45) is 4.99 Å². The van der Waals surface area contributed by atoms with Gasteiger partial charge in [-0.15, -0.1) is 0 Å². The summed E-state index contributed by atoms with van der Waals surface area (Å²) in [6.07, 6.45) is 1.18. The Kier molecular flexibility index (Phi) is 3.72. The summed E-state index contributed by atoms with van der Waals surface area (Å²) in [5.74, 6) is 1.15. The fourth-order valence-electron chi connectivity index (χ4n) is 1.66. The monoisotopic (exact) mass is 235 g/mol. The number of nitrogens with one attached hydrogen (secondary N) is 2. The Morgan fingerprint density at radius 2 is 1.94 bits per heavy atom. The van der Waals surface area contributed by atoms with Crippen LogP contribution < -0.4 is 10.9 Å². The molecule has 0 saturated heterocycles. The lowest BCUT2D eigenvalue weighted by atomic mass is 10.1. The van der Waals surface area contributed by atoms with E-state index < -0.39 is 0 Å². The van der Waals surface area contributed by atoms with Gasteiger partial charge in [-0.25, -0.2) is 0 Å². The second kappa shape index (κ2) is 5.25. The first-order valence-electron chi connectivity index (χ1n) is 5.53. The van der Waals surface area contributed by atoms with E-state index in [1.807, 2.05) is 0 Å². The van der Waals surface area contributed by atoms with Crippen molar-refractivity contribution in [3.05, 3.63) is 29.3 Å². The molecule has 0 radical (unpaired) electrons. The van der Waals surface area contributed by atoms with Gasteiger partial charge >= 0.3 is 0 Å². The number of hydrazine groups is 1. The molecule has 0 atom stereocenters. The molecular weight excluding hydrogens is 218 g/mol. The second-order valence-electron chi connectivity index (χ2n) is 3.91. The maximum atomic E-state index is 4.41. The van der Waals surface area contributed by atoms with Crippen LogP contribution in [-0.2, 0) is 0 Å². The Morgan fingerprint density at radius 1 is 1.19 bits per heavy atom. The number of hydrogen-bond donors (Lipinski definition) is 2. The fraction of sp³-hybridized carbons (Fsp3) is 0.417. The molecule has 0 amide bonds. The highest BCUT2D eigenvalue weighted by Gasteiger charge is 2.06. The molecule has 1 aromatic carbocycles. The van der Waals surface area contributed by atoms with E-state index in [1.54, 1.807) is 11.8 Å². The second-order valence-corrected chi connectivity index (χ2v) is 4.99. The largest absolute Gasteiger partial charge is 0.299 e. The van der Waals surface area contributed by atoms with Crippen LogP contribution in [0.4, 0.5) is 5.69 Å². The van der Waals surface area contributed by atoms with Crippen LogP contribution in [0.1, 0.15) is 17.5 Å². The first-order valence-corrected chi connectivity index (χ1v) is 6.51. The lowest BCUT2D eigenvalue weighted by Crippen LogP contribution is -2.29. The number of rotatable bonds is 2. The van der Waals surface area contributed by atoms with E-state index in [9.17, 15) is 0 Å². The van der Waals surface area contributed by atoms with Crippen molar-refractivity contribution in [2.45, 2.75) is 20.3 Å². The molecule has 1 heterocycles. The number of amidine groups is 1. The summed E-state index contributed by atoms with van der Waals surface area (Å²) in [5.41, 5.74) is 10.1. The molecule has 2 N–H and O–H groups in total. The Hall–Kier alpha value is -1.16. The SMILES string of the molecule is Cc1cccc(C)c1NNC1=NCCCS1. The summed E-state index contributed by atoms with van der Waals surface area (Å²) < 4.78 is 0. The lowest BCUT2D eigenvalue weighted by molar-refractivity contribution is 0.922. The number of thioether (sulfide) groups is 1. The molecule has 16 heavy (non-hydrogen) atoms. The van der Waals surface area contributed by atoms with E-state index >= 15 is 0 Å². The van der Waals surface area contributed by atoms with Crippen LogP contribution in [0, 0.1) is 13.8 Å². The van der Waals surface area contributed by atoms with Gasteiger partial charge in [0, 0.05) is 12.3 Å². The quantitative estimate of drug-likeness (QED) is 0.774. The zero-order valence-corrected chi connectivity index (χ0v) is 10.5. The van der Waals surface area contributed by atoms with E-state index in [1.165, 1.54) is 17.5 Å². The molecule has 0 aliphatic carbocycles. The number of benzene rings is 1. The van der Waals surface area contributed by atoms with E-state index in [-0.39, 0.29) is 0 Å². The highest BCUT2D eigenvalue weighted by Crippen LogP contribution is 2.19. The predicted molar refractivity (Wildman–Crippen MR) is 72.1 cm³/mol. The van der Waals surface area contributed by atoms with Crippen LogP contribution in [0.25, 0.3) is 0 Å². The van der Waals surface area contributed by atoms with Crippen LogP contribution in [0.2, 0.25) is 0 Å². The molecule has 1 aliphatic rings. The zero-order valence-electron chi connectivity index (χ0n) is 9.71. The first-order chi connectivity index (χ1) is 7.77. The van der Waals surface area contributed by atoms with E-state index in [2.05, 4.69) is 47.9 Å². The third-order valence-electron chi connectivity index (χ3n) is 2.57. The number of hydrogen-bond acceptors (Lipinski definition) is 4. The minimum absolute atomic E-state index is 0.934. The zero-order chi connectivity index (χ0) is 11.4. The smallest absolute Gasteiger partial charge is 0.175 e. The summed E-state index contributed by atoms with van der Waals surface area (Å²) in [6, 6.07) is 6.28. The van der Waals surface area contributed by atoms with Gasteiger partial charge in [-0.1, -0.05) is 30.0 Å². The van der Waals surface area contributed by atoms with Crippen LogP contribution in [0.5, 0.6) is 0 Å². The van der Waals surface area contributed by atoms with Crippen molar-refractivity contribution in [3.8, 4) is 0 Å². The predicted octanol–water partition coefficient (Wildman–Crippen LogP) is 2.71. The van der Waals surface area contributed by atoms with Gasteiger partial charge in [0.05, 0.1) is 5.69 Å². The average molecular weight is 235 g/mol. The number of anilines is 1. The Labute approximate surface area is 101 Å². The van der Waals surface area contributed by atoms with E-state index in [0.717, 1.165) is 23.2 Å². The standard InChI is InChI=1S/C12H17N3S/c1-9-5-3-6-10(2)11(9)14-15-12-13-7-4-8-16-12/h3,5-6,14H,4,7-8H2,1-2H3,(H,13,15). The van der Waals surface area contributed by atoms with Crippen molar-refractivity contribution >= 4 is 22.6 Å². The maximum absolute atomic E-state index is 4.41. The summed E-state index contributed by atoms with van der Waals surface area (Å²) in [6.45, 7) is 5.14. The highest BCUT2D eigenvalue weighted by molar-refractivity contribution is 8.13. The number of aryl methyl sites for hydroxylation is 2. The maximum Gasteiger partial charge on any atom is 0.175 e. The van der Waals surface area contributed by atoms with Crippen LogP contribution in [0.3, 0.4) is 0 Å². The molecule has 4 heteroatoms. The number of nitrogens with zero attached hydrogens (tertiary/aromatic N) is 1. The molecule has 1 aliphatic heterocycles. The molecule has 86 valence electrons. The summed E-state index contributed by atoms with van der Waals surface area (Å²) in [7, 11) is 0. The number of para-hydroxylation sites is 1. The minimum Gasteiger partial charge on any atom is -0.299 e. The molecule has 0 saturated carbocycles. The van der Waals surface area contributed by atoms with Crippen LogP contribution >= 0.6 is 11.8 Å². The van der Waals surface area contributed by atoms with Gasteiger partial charge in [-0.3, -0.25) is 15.8 Å². The molecule has 1 aromatic rings. The minimum atomic E-state index is 0.934. The molecule has 0 fully saturated rings. The number of aliphatic imine (C=N–C) groups is 1. The molecule has 0 aromatic heterocycles. The fourth-order valence-corrected chi connectivity index (χ4v) is 2.44. The Morgan fingerprint density at radius 3 is 2.56 bits per heavy atom. The molecular formula is C12H17N3S. The van der Waals surface area contributed by atoms with Gasteiger partial charge < -0.3 is 0 Å². The van der Waals surface area contributed by atoms with Gasteiger partial charge in [0.15, 0.2) is 5.17 Å². The highest BCUT2D eigenvalue weighted by atomic mass is 32.2. The third-order valence-corrected chi connectivity index (χ3v) is 3.57. The third kappa shape index (κ3) is 2.70.